The zero-order valence-electron chi connectivity index (χ0n) is 19.4. The van der Waals surface area contributed by atoms with Gasteiger partial charge in [-0.2, -0.15) is 4.68 Å². The first-order valence-corrected chi connectivity index (χ1v) is 11.7. The van der Waals surface area contributed by atoms with Crippen molar-refractivity contribution in [3.63, 3.8) is 0 Å². The average Bonchev–Trinajstić information content (AvgIpc) is 3.44. The fraction of sp³-hybridized carbons (Fsp3) is 0.400. The molecule has 1 amide bonds. The highest BCUT2D eigenvalue weighted by Crippen LogP contribution is 2.28. The molecule has 0 bridgehead atoms. The van der Waals surface area contributed by atoms with Crippen LogP contribution in [0.5, 0.6) is 0 Å². The van der Waals surface area contributed by atoms with E-state index in [1.165, 1.54) is 11.9 Å². The summed E-state index contributed by atoms with van der Waals surface area (Å²) in [5, 5.41) is 18.9. The fourth-order valence-corrected chi connectivity index (χ4v) is 4.42. The van der Waals surface area contributed by atoms with E-state index < -0.39 is 17.9 Å². The van der Waals surface area contributed by atoms with Crippen molar-refractivity contribution >= 4 is 17.5 Å². The van der Waals surface area contributed by atoms with E-state index in [0.29, 0.717) is 10.6 Å². The molecule has 0 aliphatic carbocycles. The Hall–Kier alpha value is -2.94. The number of benzene rings is 2. The summed E-state index contributed by atoms with van der Waals surface area (Å²) in [4.78, 5) is 25.9. The SMILES string of the molecule is C[C@H](c1nn(C)c(=O)o1)N(C)C(=O)c1ccc(C[C@@H]2CC[C@H]([C@H](O)c3ccc(Cl)cc3)N2)cc1. The minimum atomic E-state index is -0.580. The summed E-state index contributed by atoms with van der Waals surface area (Å²) in [6.45, 7) is 1.76. The third-order valence-corrected chi connectivity index (χ3v) is 6.77. The van der Waals surface area contributed by atoms with Gasteiger partial charge < -0.3 is 19.7 Å². The maximum Gasteiger partial charge on any atom is 0.436 e. The van der Waals surface area contributed by atoms with Crippen LogP contribution in [0.15, 0.2) is 57.7 Å². The topological polar surface area (TPSA) is 101 Å². The lowest BCUT2D eigenvalue weighted by atomic mass is 10.0. The van der Waals surface area contributed by atoms with Gasteiger partial charge in [0.25, 0.3) is 5.91 Å². The lowest BCUT2D eigenvalue weighted by Gasteiger charge is -2.22. The van der Waals surface area contributed by atoms with Gasteiger partial charge in [0, 0.05) is 36.8 Å². The molecule has 0 unspecified atom stereocenters. The summed E-state index contributed by atoms with van der Waals surface area (Å²) < 4.78 is 6.21. The van der Waals surface area contributed by atoms with Crippen LogP contribution in [0.1, 0.15) is 59.3 Å². The number of aliphatic hydroxyl groups excluding tert-OH is 1. The molecule has 2 N–H and O–H groups in total. The Morgan fingerprint density at radius 1 is 1.24 bits per heavy atom. The zero-order valence-corrected chi connectivity index (χ0v) is 20.2. The number of nitrogens with one attached hydrogen (secondary N) is 1. The van der Waals surface area contributed by atoms with E-state index in [1.807, 2.05) is 36.4 Å². The molecule has 4 atom stereocenters. The molecule has 180 valence electrons. The second-order valence-electron chi connectivity index (χ2n) is 8.87. The van der Waals surface area contributed by atoms with Crippen molar-refractivity contribution in [3.8, 4) is 0 Å². The molecule has 1 aromatic heterocycles. The fourth-order valence-electron chi connectivity index (χ4n) is 4.30. The van der Waals surface area contributed by atoms with E-state index >= 15 is 0 Å². The number of carbonyl (C=O) groups is 1. The molecule has 8 nitrogen and oxygen atoms in total. The Kier molecular flexibility index (Phi) is 7.21. The third-order valence-electron chi connectivity index (χ3n) is 6.51. The molecule has 34 heavy (non-hydrogen) atoms. The van der Waals surface area contributed by atoms with E-state index in [9.17, 15) is 14.7 Å². The largest absolute Gasteiger partial charge is 0.436 e. The Morgan fingerprint density at radius 3 is 2.53 bits per heavy atom. The minimum absolute atomic E-state index is 0.00573. The van der Waals surface area contributed by atoms with Crippen molar-refractivity contribution in [1.82, 2.24) is 20.0 Å². The van der Waals surface area contributed by atoms with Crippen molar-refractivity contribution in [2.75, 3.05) is 7.05 Å². The first-order valence-electron chi connectivity index (χ1n) is 11.3. The maximum absolute atomic E-state index is 12.9. The van der Waals surface area contributed by atoms with Crippen molar-refractivity contribution in [2.24, 2.45) is 7.05 Å². The highest BCUT2D eigenvalue weighted by Gasteiger charge is 2.30. The molecule has 0 saturated carbocycles. The second kappa shape index (κ2) is 10.1. The van der Waals surface area contributed by atoms with Crippen LogP contribution in [0.2, 0.25) is 5.02 Å². The highest BCUT2D eigenvalue weighted by atomic mass is 35.5. The van der Waals surface area contributed by atoms with Gasteiger partial charge in [-0.05, 0) is 61.6 Å². The van der Waals surface area contributed by atoms with Crippen LogP contribution in [0.3, 0.4) is 0 Å². The average molecular weight is 485 g/mol. The van der Waals surface area contributed by atoms with Crippen LogP contribution in [0.4, 0.5) is 0 Å². The lowest BCUT2D eigenvalue weighted by Crippen LogP contribution is -2.35. The third kappa shape index (κ3) is 5.24. The number of amides is 1. The maximum atomic E-state index is 12.9. The molecule has 0 spiro atoms. The molecule has 1 saturated heterocycles. The van der Waals surface area contributed by atoms with E-state index in [1.54, 1.807) is 26.1 Å². The summed E-state index contributed by atoms with van der Waals surface area (Å²) in [6, 6.07) is 14.6. The van der Waals surface area contributed by atoms with Crippen molar-refractivity contribution in [2.45, 2.75) is 50.4 Å². The number of aliphatic hydroxyl groups is 1. The molecule has 0 radical (unpaired) electrons. The summed E-state index contributed by atoms with van der Waals surface area (Å²) >= 11 is 5.95. The van der Waals surface area contributed by atoms with Gasteiger partial charge in [-0.25, -0.2) is 4.79 Å². The molecule has 1 aliphatic rings. The predicted molar refractivity (Wildman–Crippen MR) is 129 cm³/mol. The van der Waals surface area contributed by atoms with Gasteiger partial charge in [0.1, 0.15) is 6.04 Å². The number of hydrogen-bond donors (Lipinski definition) is 2. The summed E-state index contributed by atoms with van der Waals surface area (Å²) in [7, 11) is 3.16. The smallest absolute Gasteiger partial charge is 0.390 e. The molecule has 1 fully saturated rings. The standard InChI is InChI=1S/C25H29ClN4O4/c1-15(23-28-30(3)25(33)34-23)29(2)24(32)18-6-4-16(5-7-18)14-20-12-13-21(27-20)22(31)17-8-10-19(26)11-9-17/h4-11,15,20-22,27,31H,12-14H2,1-3H3/t15-,20+,21-,22-/m1/s1. The van der Waals surface area contributed by atoms with Gasteiger partial charge in [-0.1, -0.05) is 35.9 Å². The van der Waals surface area contributed by atoms with Gasteiger partial charge >= 0.3 is 5.76 Å². The Balaban J connectivity index is 1.34. The van der Waals surface area contributed by atoms with Crippen LogP contribution < -0.4 is 11.1 Å². The number of aryl methyl sites for hydroxylation is 1. The molecule has 3 aromatic rings. The molecular weight excluding hydrogens is 456 g/mol. The Morgan fingerprint density at radius 2 is 1.91 bits per heavy atom. The van der Waals surface area contributed by atoms with Gasteiger partial charge in [0.05, 0.1) is 6.10 Å². The normalized spacial score (nSPS) is 19.7. The lowest BCUT2D eigenvalue weighted by molar-refractivity contribution is 0.0720. The molecule has 1 aliphatic heterocycles. The first-order chi connectivity index (χ1) is 16.2. The number of aromatic nitrogens is 2. The monoisotopic (exact) mass is 484 g/mol. The van der Waals surface area contributed by atoms with Crippen molar-refractivity contribution in [3.05, 3.63) is 86.7 Å². The van der Waals surface area contributed by atoms with Crippen LogP contribution in [0.25, 0.3) is 0 Å². The van der Waals surface area contributed by atoms with Crippen LogP contribution in [-0.2, 0) is 13.5 Å². The summed E-state index contributed by atoms with van der Waals surface area (Å²) in [5.41, 5.74) is 2.52. The minimum Gasteiger partial charge on any atom is -0.390 e. The summed E-state index contributed by atoms with van der Waals surface area (Å²) in [6.07, 6.45) is 2.08. The highest BCUT2D eigenvalue weighted by molar-refractivity contribution is 6.30. The second-order valence-corrected chi connectivity index (χ2v) is 9.30. The molecule has 9 heteroatoms. The number of rotatable bonds is 7. The quantitative estimate of drug-likeness (QED) is 0.534. The van der Waals surface area contributed by atoms with Crippen molar-refractivity contribution < 1.29 is 14.3 Å². The van der Waals surface area contributed by atoms with Crippen molar-refractivity contribution in [1.29, 1.82) is 0 Å². The molecular formula is C25H29ClN4O4. The van der Waals surface area contributed by atoms with E-state index in [2.05, 4.69) is 10.4 Å². The van der Waals surface area contributed by atoms with Gasteiger partial charge in [0.15, 0.2) is 0 Å². The predicted octanol–water partition coefficient (Wildman–Crippen LogP) is 3.26. The van der Waals surface area contributed by atoms with Crippen LogP contribution >= 0.6 is 11.6 Å². The number of hydrogen-bond acceptors (Lipinski definition) is 6. The van der Waals surface area contributed by atoms with Crippen LogP contribution in [-0.4, -0.2) is 44.8 Å². The number of carbonyl (C=O) groups excluding carboxylic acids is 1. The first kappa shape index (κ1) is 24.2. The zero-order chi connectivity index (χ0) is 24.4. The van der Waals surface area contributed by atoms with E-state index in [-0.39, 0.29) is 23.9 Å². The number of nitrogens with zero attached hydrogens (tertiary/aromatic N) is 3. The molecule has 4 rings (SSSR count). The molecule has 2 aromatic carbocycles. The summed E-state index contributed by atoms with van der Waals surface area (Å²) in [5.74, 6) is -0.546. The van der Waals surface area contributed by atoms with Gasteiger partial charge in [-0.3, -0.25) is 4.79 Å². The Labute approximate surface area is 203 Å². The Bertz CT molecular complexity index is 1190. The molecule has 2 heterocycles. The van der Waals surface area contributed by atoms with E-state index in [0.717, 1.165) is 35.1 Å². The van der Waals surface area contributed by atoms with Crippen LogP contribution in [0, 0.1) is 0 Å². The van der Waals surface area contributed by atoms with E-state index in [4.69, 9.17) is 16.0 Å². The van der Waals surface area contributed by atoms with Gasteiger partial charge in [-0.15, -0.1) is 5.10 Å². The van der Waals surface area contributed by atoms with Gasteiger partial charge in [0.2, 0.25) is 5.89 Å². The number of halogens is 1.